The minimum Gasteiger partial charge on any atom is -0.378 e. The number of carbonyl (C=O) groups excluding carboxylic acids is 2. The van der Waals surface area contributed by atoms with Crippen LogP contribution in [-0.2, 0) is 0 Å². The Morgan fingerprint density at radius 2 is 1.25 bits per heavy atom. The van der Waals surface area contributed by atoms with Crippen LogP contribution in [0.25, 0.3) is 0 Å². The van der Waals surface area contributed by atoms with Gasteiger partial charge in [0.2, 0.25) is 0 Å². The first kappa shape index (κ1) is 17.8. The lowest BCUT2D eigenvalue weighted by atomic mass is 10.2. The molecule has 0 spiro atoms. The molecule has 2 N–H and O–H groups in total. The molecule has 0 radical (unpaired) electrons. The molecular formula is C18H20ClN3O2. The third-order valence-electron chi connectivity index (χ3n) is 3.45. The third kappa shape index (κ3) is 4.99. The van der Waals surface area contributed by atoms with Crippen molar-refractivity contribution in [1.29, 1.82) is 0 Å². The first-order chi connectivity index (χ1) is 11.5. The second-order valence-electron chi connectivity index (χ2n) is 5.46. The van der Waals surface area contributed by atoms with Gasteiger partial charge in [-0.1, -0.05) is 11.6 Å². The molecule has 2 aromatic carbocycles. The van der Waals surface area contributed by atoms with Crippen molar-refractivity contribution in [3.05, 3.63) is 64.7 Å². The van der Waals surface area contributed by atoms with E-state index < -0.39 is 0 Å². The molecule has 0 fully saturated rings. The van der Waals surface area contributed by atoms with Gasteiger partial charge in [0.05, 0.1) is 0 Å². The lowest BCUT2D eigenvalue weighted by Gasteiger charge is -2.12. The van der Waals surface area contributed by atoms with E-state index in [4.69, 9.17) is 11.6 Å². The van der Waals surface area contributed by atoms with Crippen LogP contribution in [0.2, 0.25) is 5.02 Å². The predicted molar refractivity (Wildman–Crippen MR) is 96.9 cm³/mol. The summed E-state index contributed by atoms with van der Waals surface area (Å²) in [5.74, 6) is -0.364. The van der Waals surface area contributed by atoms with Crippen LogP contribution in [0.15, 0.2) is 48.5 Å². The van der Waals surface area contributed by atoms with Gasteiger partial charge in [-0.3, -0.25) is 9.59 Å². The molecule has 2 rings (SSSR count). The number of amides is 2. The van der Waals surface area contributed by atoms with Crippen molar-refractivity contribution < 1.29 is 9.59 Å². The number of anilines is 1. The maximum Gasteiger partial charge on any atom is 0.251 e. The molecule has 0 saturated carbocycles. The average Bonchev–Trinajstić information content (AvgIpc) is 2.59. The molecule has 0 unspecified atom stereocenters. The molecular weight excluding hydrogens is 326 g/mol. The summed E-state index contributed by atoms with van der Waals surface area (Å²) in [5, 5.41) is 6.10. The standard InChI is InChI=1S/C18H20ClN3O2/c1-22(2)16-9-5-14(6-10-16)18(24)21-12-11-20-17(23)13-3-7-15(19)8-4-13/h3-10H,11-12H2,1-2H3,(H,20,23)(H,21,24). The monoisotopic (exact) mass is 345 g/mol. The molecule has 0 aromatic heterocycles. The van der Waals surface area contributed by atoms with Crippen molar-refractivity contribution in [3.8, 4) is 0 Å². The van der Waals surface area contributed by atoms with Crippen LogP contribution >= 0.6 is 11.6 Å². The van der Waals surface area contributed by atoms with Crippen LogP contribution in [-0.4, -0.2) is 39.0 Å². The highest BCUT2D eigenvalue weighted by Crippen LogP contribution is 2.12. The highest BCUT2D eigenvalue weighted by atomic mass is 35.5. The molecule has 5 nitrogen and oxygen atoms in total. The molecule has 6 heteroatoms. The largest absolute Gasteiger partial charge is 0.378 e. The number of benzene rings is 2. The van der Waals surface area contributed by atoms with Crippen molar-refractivity contribution in [1.82, 2.24) is 10.6 Å². The molecule has 0 atom stereocenters. The fraction of sp³-hybridized carbons (Fsp3) is 0.222. The summed E-state index contributed by atoms with van der Waals surface area (Å²) in [4.78, 5) is 25.9. The summed E-state index contributed by atoms with van der Waals surface area (Å²) in [6, 6.07) is 14.0. The maximum atomic E-state index is 12.0. The van der Waals surface area contributed by atoms with Crippen LogP contribution in [0.4, 0.5) is 5.69 Å². The van der Waals surface area contributed by atoms with Gasteiger partial charge in [0.1, 0.15) is 0 Å². The Morgan fingerprint density at radius 3 is 1.67 bits per heavy atom. The maximum absolute atomic E-state index is 12.0. The van der Waals surface area contributed by atoms with Gasteiger partial charge in [0, 0.05) is 49.0 Å². The van der Waals surface area contributed by atoms with E-state index in [9.17, 15) is 9.59 Å². The van der Waals surface area contributed by atoms with E-state index in [2.05, 4.69) is 10.6 Å². The predicted octanol–water partition coefficient (Wildman–Crippen LogP) is 2.57. The number of nitrogens with one attached hydrogen (secondary N) is 2. The number of carbonyl (C=O) groups is 2. The molecule has 0 heterocycles. The topological polar surface area (TPSA) is 61.4 Å². The lowest BCUT2D eigenvalue weighted by molar-refractivity contribution is 0.0927. The number of halogens is 1. The Morgan fingerprint density at radius 1 is 0.833 bits per heavy atom. The van der Waals surface area contributed by atoms with E-state index in [1.165, 1.54) is 0 Å². The van der Waals surface area contributed by atoms with Crippen LogP contribution < -0.4 is 15.5 Å². The minimum absolute atomic E-state index is 0.166. The highest BCUT2D eigenvalue weighted by molar-refractivity contribution is 6.30. The quantitative estimate of drug-likeness (QED) is 0.791. The van der Waals surface area contributed by atoms with E-state index in [0.29, 0.717) is 29.2 Å². The van der Waals surface area contributed by atoms with Gasteiger partial charge in [0.25, 0.3) is 11.8 Å². The first-order valence-electron chi connectivity index (χ1n) is 7.57. The zero-order valence-corrected chi connectivity index (χ0v) is 14.4. The van der Waals surface area contributed by atoms with Crippen molar-refractivity contribution in [3.63, 3.8) is 0 Å². The average molecular weight is 346 g/mol. The Balaban J connectivity index is 1.76. The summed E-state index contributed by atoms with van der Waals surface area (Å²) in [6.07, 6.45) is 0. The van der Waals surface area contributed by atoms with Crippen LogP contribution in [0, 0.1) is 0 Å². The normalized spacial score (nSPS) is 10.1. The van der Waals surface area contributed by atoms with Gasteiger partial charge in [-0.15, -0.1) is 0 Å². The van der Waals surface area contributed by atoms with Crippen molar-refractivity contribution in [2.24, 2.45) is 0 Å². The minimum atomic E-state index is -0.198. The van der Waals surface area contributed by atoms with Gasteiger partial charge in [-0.05, 0) is 48.5 Å². The van der Waals surface area contributed by atoms with Gasteiger partial charge >= 0.3 is 0 Å². The Labute approximate surface area is 146 Å². The fourth-order valence-corrected chi connectivity index (χ4v) is 2.19. The fourth-order valence-electron chi connectivity index (χ4n) is 2.07. The van der Waals surface area contributed by atoms with Crippen molar-refractivity contribution >= 4 is 29.1 Å². The lowest BCUT2D eigenvalue weighted by Crippen LogP contribution is -2.34. The van der Waals surface area contributed by atoms with Gasteiger partial charge in [-0.25, -0.2) is 0 Å². The molecule has 2 aromatic rings. The van der Waals surface area contributed by atoms with E-state index in [-0.39, 0.29) is 11.8 Å². The van der Waals surface area contributed by atoms with Crippen LogP contribution in [0.3, 0.4) is 0 Å². The molecule has 0 aliphatic rings. The SMILES string of the molecule is CN(C)c1ccc(C(=O)NCCNC(=O)c2ccc(Cl)cc2)cc1. The van der Waals surface area contributed by atoms with Crippen molar-refractivity contribution in [2.75, 3.05) is 32.1 Å². The van der Waals surface area contributed by atoms with Crippen LogP contribution in [0.1, 0.15) is 20.7 Å². The molecule has 126 valence electrons. The Hall–Kier alpha value is -2.53. The molecule has 0 aliphatic carbocycles. The molecule has 0 aliphatic heterocycles. The number of rotatable bonds is 6. The van der Waals surface area contributed by atoms with E-state index >= 15 is 0 Å². The van der Waals surface area contributed by atoms with E-state index in [0.717, 1.165) is 5.69 Å². The summed E-state index contributed by atoms with van der Waals surface area (Å²) < 4.78 is 0. The first-order valence-corrected chi connectivity index (χ1v) is 7.94. The summed E-state index contributed by atoms with van der Waals surface area (Å²) >= 11 is 5.78. The molecule has 24 heavy (non-hydrogen) atoms. The van der Waals surface area contributed by atoms with Gasteiger partial charge in [0.15, 0.2) is 0 Å². The molecule has 2 amide bonds. The Bertz CT molecular complexity index is 697. The van der Waals surface area contributed by atoms with E-state index in [1.807, 2.05) is 31.1 Å². The van der Waals surface area contributed by atoms with E-state index in [1.54, 1.807) is 36.4 Å². The summed E-state index contributed by atoms with van der Waals surface area (Å²) in [5.41, 5.74) is 2.15. The highest BCUT2D eigenvalue weighted by Gasteiger charge is 2.07. The summed E-state index contributed by atoms with van der Waals surface area (Å²) in [7, 11) is 3.89. The van der Waals surface area contributed by atoms with Crippen molar-refractivity contribution in [2.45, 2.75) is 0 Å². The smallest absolute Gasteiger partial charge is 0.251 e. The second kappa shape index (κ2) is 8.36. The second-order valence-corrected chi connectivity index (χ2v) is 5.90. The zero-order chi connectivity index (χ0) is 17.5. The summed E-state index contributed by atoms with van der Waals surface area (Å²) in [6.45, 7) is 0.705. The third-order valence-corrected chi connectivity index (χ3v) is 3.70. The van der Waals surface area contributed by atoms with Gasteiger partial charge < -0.3 is 15.5 Å². The zero-order valence-electron chi connectivity index (χ0n) is 13.7. The Kier molecular flexibility index (Phi) is 6.21. The number of hydrogen-bond acceptors (Lipinski definition) is 3. The molecule has 0 bridgehead atoms. The number of nitrogens with zero attached hydrogens (tertiary/aromatic N) is 1. The van der Waals surface area contributed by atoms with Crippen LogP contribution in [0.5, 0.6) is 0 Å². The molecule has 0 saturated heterocycles. The van der Waals surface area contributed by atoms with Gasteiger partial charge in [-0.2, -0.15) is 0 Å². The number of hydrogen-bond donors (Lipinski definition) is 2.